The van der Waals surface area contributed by atoms with Crippen LogP contribution in [-0.2, 0) is 13.1 Å². The van der Waals surface area contributed by atoms with E-state index in [0.29, 0.717) is 12.5 Å². The van der Waals surface area contributed by atoms with Gasteiger partial charge in [-0.1, -0.05) is 25.1 Å². The van der Waals surface area contributed by atoms with Gasteiger partial charge in [-0.15, -0.1) is 0 Å². The predicted octanol–water partition coefficient (Wildman–Crippen LogP) is 2.67. The summed E-state index contributed by atoms with van der Waals surface area (Å²) in [5, 5.41) is 11.0. The SMILES string of the molecule is CN=C(NCc1ccccc1OCC1CC1)NCC(C)Cn1cccn1. The van der Waals surface area contributed by atoms with Gasteiger partial charge in [0.05, 0.1) is 6.61 Å². The minimum Gasteiger partial charge on any atom is -0.493 e. The highest BCUT2D eigenvalue weighted by Gasteiger charge is 2.22. The van der Waals surface area contributed by atoms with Crippen LogP contribution in [0.25, 0.3) is 0 Å². The minimum absolute atomic E-state index is 0.447. The smallest absolute Gasteiger partial charge is 0.191 e. The molecule has 1 atom stereocenters. The second-order valence-corrected chi connectivity index (χ2v) is 7.00. The normalized spacial score (nSPS) is 15.5. The number of rotatable bonds is 9. The van der Waals surface area contributed by atoms with E-state index in [9.17, 15) is 0 Å². The Morgan fingerprint density at radius 2 is 2.15 bits per heavy atom. The molecule has 3 rings (SSSR count). The zero-order valence-electron chi connectivity index (χ0n) is 15.7. The molecule has 1 aromatic heterocycles. The number of ether oxygens (including phenoxy) is 1. The van der Waals surface area contributed by atoms with Gasteiger partial charge < -0.3 is 15.4 Å². The van der Waals surface area contributed by atoms with E-state index in [1.54, 1.807) is 7.05 Å². The second kappa shape index (κ2) is 9.27. The quantitative estimate of drug-likeness (QED) is 0.536. The molecule has 1 aliphatic rings. The van der Waals surface area contributed by atoms with Crippen LogP contribution in [0.4, 0.5) is 0 Å². The fourth-order valence-corrected chi connectivity index (χ4v) is 2.75. The fraction of sp³-hybridized carbons (Fsp3) is 0.500. The molecule has 0 spiro atoms. The molecule has 0 amide bonds. The van der Waals surface area contributed by atoms with Gasteiger partial charge in [0.2, 0.25) is 0 Å². The van der Waals surface area contributed by atoms with Crippen LogP contribution in [0.1, 0.15) is 25.3 Å². The maximum Gasteiger partial charge on any atom is 0.191 e. The minimum atomic E-state index is 0.447. The third-order valence-corrected chi connectivity index (χ3v) is 4.49. The van der Waals surface area contributed by atoms with Crippen LogP contribution in [0.2, 0.25) is 0 Å². The fourth-order valence-electron chi connectivity index (χ4n) is 2.75. The van der Waals surface area contributed by atoms with Crippen molar-refractivity contribution in [2.24, 2.45) is 16.8 Å². The van der Waals surface area contributed by atoms with Crippen LogP contribution < -0.4 is 15.4 Å². The molecule has 1 unspecified atom stereocenters. The van der Waals surface area contributed by atoms with Gasteiger partial charge in [0.15, 0.2) is 5.96 Å². The number of nitrogens with zero attached hydrogens (tertiary/aromatic N) is 3. The molecule has 0 saturated heterocycles. The first kappa shape index (κ1) is 18.3. The summed E-state index contributed by atoms with van der Waals surface area (Å²) in [6, 6.07) is 10.2. The third kappa shape index (κ3) is 5.79. The first-order chi connectivity index (χ1) is 12.7. The van der Waals surface area contributed by atoms with Crippen molar-refractivity contribution in [1.29, 1.82) is 0 Å². The predicted molar refractivity (Wildman–Crippen MR) is 104 cm³/mol. The molecule has 0 aliphatic heterocycles. The second-order valence-electron chi connectivity index (χ2n) is 7.00. The number of para-hydroxylation sites is 1. The molecule has 1 fully saturated rings. The van der Waals surface area contributed by atoms with Crippen molar-refractivity contribution >= 4 is 5.96 Å². The number of benzene rings is 1. The van der Waals surface area contributed by atoms with Crippen molar-refractivity contribution in [1.82, 2.24) is 20.4 Å². The van der Waals surface area contributed by atoms with E-state index in [1.165, 1.54) is 12.8 Å². The van der Waals surface area contributed by atoms with Gasteiger partial charge in [-0.25, -0.2) is 0 Å². The highest BCUT2D eigenvalue weighted by atomic mass is 16.5. The summed E-state index contributed by atoms with van der Waals surface area (Å²) in [4.78, 5) is 4.32. The van der Waals surface area contributed by atoms with Crippen LogP contribution >= 0.6 is 0 Å². The number of hydrogen-bond acceptors (Lipinski definition) is 3. The van der Waals surface area contributed by atoms with Gasteiger partial charge in [-0.05, 0) is 36.8 Å². The first-order valence-corrected chi connectivity index (χ1v) is 9.37. The molecule has 1 heterocycles. The molecule has 6 heteroatoms. The van der Waals surface area contributed by atoms with E-state index in [4.69, 9.17) is 4.74 Å². The van der Waals surface area contributed by atoms with E-state index in [-0.39, 0.29) is 0 Å². The van der Waals surface area contributed by atoms with E-state index >= 15 is 0 Å². The van der Waals surface area contributed by atoms with Gasteiger partial charge in [-0.2, -0.15) is 5.10 Å². The highest BCUT2D eigenvalue weighted by molar-refractivity contribution is 5.79. The van der Waals surface area contributed by atoms with Crippen LogP contribution in [0.15, 0.2) is 47.7 Å². The Kier molecular flexibility index (Phi) is 6.52. The standard InChI is InChI=1S/C20H29N5O/c1-16(14-25-11-5-10-24-25)12-22-20(21-2)23-13-18-6-3-4-7-19(18)26-15-17-8-9-17/h3-7,10-11,16-17H,8-9,12-15H2,1-2H3,(H2,21,22,23). The Balaban J connectivity index is 1.44. The average Bonchev–Trinajstić information content (AvgIpc) is 3.35. The molecule has 2 N–H and O–H groups in total. The number of aliphatic imine (C=N–C) groups is 1. The molecule has 1 aliphatic carbocycles. The van der Waals surface area contributed by atoms with Crippen molar-refractivity contribution in [3.63, 3.8) is 0 Å². The summed E-state index contributed by atoms with van der Waals surface area (Å²) in [5.74, 6) is 2.97. The zero-order valence-corrected chi connectivity index (χ0v) is 15.7. The van der Waals surface area contributed by atoms with E-state index in [2.05, 4.69) is 33.7 Å². The summed E-state index contributed by atoms with van der Waals surface area (Å²) in [6.45, 7) is 5.43. The van der Waals surface area contributed by atoms with Gasteiger partial charge in [0.25, 0.3) is 0 Å². The molecule has 0 bridgehead atoms. The monoisotopic (exact) mass is 355 g/mol. The largest absolute Gasteiger partial charge is 0.493 e. The van der Waals surface area contributed by atoms with Crippen molar-refractivity contribution in [2.75, 3.05) is 20.2 Å². The molecular weight excluding hydrogens is 326 g/mol. The number of aromatic nitrogens is 2. The number of guanidine groups is 1. The van der Waals surface area contributed by atoms with Crippen molar-refractivity contribution < 1.29 is 4.74 Å². The van der Waals surface area contributed by atoms with Gasteiger partial charge in [-0.3, -0.25) is 9.67 Å². The number of nitrogens with one attached hydrogen (secondary N) is 2. The maximum atomic E-state index is 5.97. The van der Waals surface area contributed by atoms with Crippen LogP contribution in [0.5, 0.6) is 5.75 Å². The van der Waals surface area contributed by atoms with Gasteiger partial charge >= 0.3 is 0 Å². The maximum absolute atomic E-state index is 5.97. The lowest BCUT2D eigenvalue weighted by Gasteiger charge is -2.17. The summed E-state index contributed by atoms with van der Waals surface area (Å²) in [6.07, 6.45) is 6.40. The molecule has 0 radical (unpaired) electrons. The van der Waals surface area contributed by atoms with Crippen LogP contribution in [-0.4, -0.2) is 35.9 Å². The van der Waals surface area contributed by atoms with Crippen molar-refractivity contribution in [3.05, 3.63) is 48.3 Å². The molecule has 2 aromatic rings. The van der Waals surface area contributed by atoms with E-state index in [0.717, 1.165) is 42.9 Å². The van der Waals surface area contributed by atoms with E-state index < -0.39 is 0 Å². The van der Waals surface area contributed by atoms with Crippen molar-refractivity contribution in [2.45, 2.75) is 32.9 Å². The summed E-state index contributed by atoms with van der Waals surface area (Å²) in [7, 11) is 1.79. The number of hydrogen-bond donors (Lipinski definition) is 2. The Labute approximate surface area is 155 Å². The first-order valence-electron chi connectivity index (χ1n) is 9.37. The lowest BCUT2D eigenvalue weighted by Crippen LogP contribution is -2.39. The Hall–Kier alpha value is -2.50. The lowest BCUT2D eigenvalue weighted by atomic mass is 10.2. The van der Waals surface area contributed by atoms with Crippen LogP contribution in [0.3, 0.4) is 0 Å². The summed E-state index contributed by atoms with van der Waals surface area (Å²) in [5.41, 5.74) is 1.15. The van der Waals surface area contributed by atoms with Gasteiger partial charge in [0, 0.05) is 44.6 Å². The molecule has 140 valence electrons. The van der Waals surface area contributed by atoms with Gasteiger partial charge in [0.1, 0.15) is 5.75 Å². The molecule has 6 nitrogen and oxygen atoms in total. The molecule has 1 aromatic carbocycles. The highest BCUT2D eigenvalue weighted by Crippen LogP contribution is 2.30. The molecule has 1 saturated carbocycles. The summed E-state index contributed by atoms with van der Waals surface area (Å²) >= 11 is 0. The van der Waals surface area contributed by atoms with Crippen molar-refractivity contribution in [3.8, 4) is 5.75 Å². The zero-order chi connectivity index (χ0) is 18.2. The molecule has 26 heavy (non-hydrogen) atoms. The summed E-state index contributed by atoms with van der Waals surface area (Å²) < 4.78 is 7.93. The average molecular weight is 355 g/mol. The van der Waals surface area contributed by atoms with E-state index in [1.807, 2.05) is 41.3 Å². The lowest BCUT2D eigenvalue weighted by molar-refractivity contribution is 0.296. The topological polar surface area (TPSA) is 63.5 Å². The third-order valence-electron chi connectivity index (χ3n) is 4.49. The Morgan fingerprint density at radius 1 is 1.31 bits per heavy atom. The Morgan fingerprint density at radius 3 is 2.88 bits per heavy atom. The molecular formula is C20H29N5O. The van der Waals surface area contributed by atoms with Crippen LogP contribution in [0, 0.1) is 11.8 Å². The Bertz CT molecular complexity index is 694.